The van der Waals surface area contributed by atoms with Crippen LogP contribution in [0.25, 0.3) is 0 Å². The molecule has 4 nitrogen and oxygen atoms in total. The number of anilines is 1. The summed E-state index contributed by atoms with van der Waals surface area (Å²) in [5.74, 6) is 0.847. The third-order valence-corrected chi connectivity index (χ3v) is 3.13. The fraction of sp³-hybridized carbons (Fsp3) is 0.538. The maximum absolute atomic E-state index is 7.60. The molecule has 1 aliphatic rings. The zero-order valence-corrected chi connectivity index (χ0v) is 10.5. The number of nitrogens with one attached hydrogen (secondary N) is 1. The normalized spacial score (nSPS) is 15.0. The van der Waals surface area contributed by atoms with E-state index in [2.05, 4.69) is 23.7 Å². The fourth-order valence-corrected chi connectivity index (χ4v) is 2.00. The Morgan fingerprint density at radius 3 is 2.82 bits per heavy atom. The van der Waals surface area contributed by atoms with Gasteiger partial charge in [0.05, 0.1) is 5.69 Å². The van der Waals surface area contributed by atoms with Crippen molar-refractivity contribution in [3.8, 4) is 0 Å². The van der Waals surface area contributed by atoms with E-state index in [1.54, 1.807) is 6.20 Å². The largest absolute Gasteiger partial charge is 0.382 e. The Kier molecular flexibility index (Phi) is 3.31. The SMILES string of the molecule is CC(C)N(CC1CC1)c1cccnc1C(=N)N. The average Bonchev–Trinajstić information content (AvgIpc) is 3.09. The molecule has 17 heavy (non-hydrogen) atoms. The van der Waals surface area contributed by atoms with Gasteiger partial charge in [-0.3, -0.25) is 10.4 Å². The number of nitrogens with zero attached hydrogens (tertiary/aromatic N) is 2. The molecule has 1 aromatic rings. The summed E-state index contributed by atoms with van der Waals surface area (Å²) >= 11 is 0. The van der Waals surface area contributed by atoms with Crippen LogP contribution < -0.4 is 10.6 Å². The van der Waals surface area contributed by atoms with Crippen LogP contribution in [0.5, 0.6) is 0 Å². The van der Waals surface area contributed by atoms with Crippen LogP contribution in [0.15, 0.2) is 18.3 Å². The number of nitrogen functional groups attached to an aromatic ring is 1. The van der Waals surface area contributed by atoms with Crippen molar-refractivity contribution < 1.29 is 0 Å². The molecular weight excluding hydrogens is 212 g/mol. The third-order valence-electron chi connectivity index (χ3n) is 3.13. The van der Waals surface area contributed by atoms with Crippen molar-refractivity contribution in [2.45, 2.75) is 32.7 Å². The van der Waals surface area contributed by atoms with Gasteiger partial charge in [0.25, 0.3) is 0 Å². The maximum Gasteiger partial charge on any atom is 0.143 e. The molecule has 92 valence electrons. The number of aromatic nitrogens is 1. The molecule has 0 aliphatic heterocycles. The van der Waals surface area contributed by atoms with Gasteiger partial charge in [0.1, 0.15) is 11.5 Å². The Balaban J connectivity index is 2.30. The summed E-state index contributed by atoms with van der Waals surface area (Å²) in [7, 11) is 0. The Morgan fingerprint density at radius 2 is 2.29 bits per heavy atom. The number of rotatable bonds is 5. The Bertz CT molecular complexity index is 410. The topological polar surface area (TPSA) is 66.0 Å². The van der Waals surface area contributed by atoms with Crippen molar-refractivity contribution in [1.82, 2.24) is 4.98 Å². The van der Waals surface area contributed by atoms with E-state index >= 15 is 0 Å². The molecule has 1 heterocycles. The van der Waals surface area contributed by atoms with Gasteiger partial charge in [-0.05, 0) is 44.7 Å². The van der Waals surface area contributed by atoms with Crippen LogP contribution in [0.2, 0.25) is 0 Å². The molecule has 1 aliphatic carbocycles. The standard InChI is InChI=1S/C13H20N4/c1-9(2)17(8-10-5-6-10)11-4-3-7-16-12(11)13(14)15/h3-4,7,9-10H,5-6,8H2,1-2H3,(H3,14,15). The minimum Gasteiger partial charge on any atom is -0.382 e. The lowest BCUT2D eigenvalue weighted by Gasteiger charge is -2.30. The third kappa shape index (κ3) is 2.75. The van der Waals surface area contributed by atoms with Crippen LogP contribution in [-0.4, -0.2) is 23.4 Å². The first-order valence-corrected chi connectivity index (χ1v) is 6.15. The summed E-state index contributed by atoms with van der Waals surface area (Å²) in [6, 6.07) is 4.31. The summed E-state index contributed by atoms with van der Waals surface area (Å²) in [6.45, 7) is 5.38. The van der Waals surface area contributed by atoms with E-state index in [0.29, 0.717) is 11.7 Å². The summed E-state index contributed by atoms with van der Waals surface area (Å²) in [5, 5.41) is 7.60. The first-order valence-electron chi connectivity index (χ1n) is 6.15. The molecule has 2 rings (SSSR count). The molecule has 0 radical (unpaired) electrons. The first kappa shape index (κ1) is 11.9. The molecule has 0 bridgehead atoms. The summed E-state index contributed by atoms with van der Waals surface area (Å²) in [6.07, 6.45) is 4.33. The molecule has 0 saturated heterocycles. The Labute approximate surface area is 102 Å². The highest BCUT2D eigenvalue weighted by atomic mass is 15.2. The number of amidine groups is 1. The molecule has 0 spiro atoms. The number of pyridine rings is 1. The zero-order chi connectivity index (χ0) is 12.4. The van der Waals surface area contributed by atoms with Crippen molar-refractivity contribution in [2.24, 2.45) is 11.7 Å². The quantitative estimate of drug-likeness (QED) is 0.602. The van der Waals surface area contributed by atoms with Gasteiger partial charge in [0.2, 0.25) is 0 Å². The lowest BCUT2D eigenvalue weighted by Crippen LogP contribution is -2.35. The van der Waals surface area contributed by atoms with Gasteiger partial charge in [-0.1, -0.05) is 0 Å². The molecular formula is C13H20N4. The van der Waals surface area contributed by atoms with E-state index in [1.165, 1.54) is 12.8 Å². The Hall–Kier alpha value is -1.58. The summed E-state index contributed by atoms with van der Waals surface area (Å²) in [4.78, 5) is 6.52. The van der Waals surface area contributed by atoms with Gasteiger partial charge in [0.15, 0.2) is 0 Å². The lowest BCUT2D eigenvalue weighted by molar-refractivity contribution is 0.643. The van der Waals surface area contributed by atoms with Crippen LogP contribution in [0.3, 0.4) is 0 Å². The summed E-state index contributed by atoms with van der Waals surface area (Å²) < 4.78 is 0. The molecule has 3 N–H and O–H groups in total. The van der Waals surface area contributed by atoms with Gasteiger partial charge in [-0.25, -0.2) is 0 Å². The van der Waals surface area contributed by atoms with Crippen LogP contribution in [0, 0.1) is 11.3 Å². The second kappa shape index (κ2) is 4.73. The predicted octanol–water partition coefficient (Wildman–Crippen LogP) is 1.99. The predicted molar refractivity (Wildman–Crippen MR) is 70.5 cm³/mol. The zero-order valence-electron chi connectivity index (χ0n) is 10.5. The molecule has 0 aromatic carbocycles. The minimum atomic E-state index is 0.0436. The smallest absolute Gasteiger partial charge is 0.143 e. The molecule has 0 amide bonds. The average molecular weight is 232 g/mol. The van der Waals surface area contributed by atoms with Crippen LogP contribution >= 0.6 is 0 Å². The number of hydrogen-bond donors (Lipinski definition) is 2. The molecule has 0 unspecified atom stereocenters. The van der Waals surface area contributed by atoms with E-state index in [4.69, 9.17) is 11.1 Å². The van der Waals surface area contributed by atoms with Crippen molar-refractivity contribution in [3.05, 3.63) is 24.0 Å². The molecule has 1 fully saturated rings. The molecule has 4 heteroatoms. The van der Waals surface area contributed by atoms with Gasteiger partial charge in [0, 0.05) is 18.8 Å². The lowest BCUT2D eigenvalue weighted by atomic mass is 10.2. The second-order valence-corrected chi connectivity index (χ2v) is 4.97. The van der Waals surface area contributed by atoms with E-state index in [0.717, 1.165) is 18.2 Å². The molecule has 1 saturated carbocycles. The highest BCUT2D eigenvalue weighted by Crippen LogP contribution is 2.32. The van der Waals surface area contributed by atoms with Gasteiger partial charge in [-0.15, -0.1) is 0 Å². The van der Waals surface area contributed by atoms with Gasteiger partial charge in [-0.2, -0.15) is 0 Å². The second-order valence-electron chi connectivity index (χ2n) is 4.97. The van der Waals surface area contributed by atoms with Crippen molar-refractivity contribution >= 4 is 11.5 Å². The molecule has 1 aromatic heterocycles. The Morgan fingerprint density at radius 1 is 1.59 bits per heavy atom. The van der Waals surface area contributed by atoms with Crippen LogP contribution in [-0.2, 0) is 0 Å². The fourth-order valence-electron chi connectivity index (χ4n) is 2.00. The van der Waals surface area contributed by atoms with Crippen LogP contribution in [0.1, 0.15) is 32.4 Å². The van der Waals surface area contributed by atoms with Gasteiger partial charge >= 0.3 is 0 Å². The van der Waals surface area contributed by atoms with Crippen LogP contribution in [0.4, 0.5) is 5.69 Å². The highest BCUT2D eigenvalue weighted by Gasteiger charge is 2.27. The van der Waals surface area contributed by atoms with E-state index in [1.807, 2.05) is 12.1 Å². The van der Waals surface area contributed by atoms with Crippen molar-refractivity contribution in [2.75, 3.05) is 11.4 Å². The van der Waals surface area contributed by atoms with E-state index in [9.17, 15) is 0 Å². The van der Waals surface area contributed by atoms with Gasteiger partial charge < -0.3 is 10.6 Å². The number of nitrogens with two attached hydrogens (primary N) is 1. The van der Waals surface area contributed by atoms with Crippen molar-refractivity contribution in [1.29, 1.82) is 5.41 Å². The van der Waals surface area contributed by atoms with E-state index in [-0.39, 0.29) is 5.84 Å². The summed E-state index contributed by atoms with van der Waals surface area (Å²) in [5.41, 5.74) is 7.18. The number of hydrogen-bond acceptors (Lipinski definition) is 3. The maximum atomic E-state index is 7.60. The first-order chi connectivity index (χ1) is 8.09. The monoisotopic (exact) mass is 232 g/mol. The minimum absolute atomic E-state index is 0.0436. The van der Waals surface area contributed by atoms with Crippen molar-refractivity contribution in [3.63, 3.8) is 0 Å². The van der Waals surface area contributed by atoms with E-state index < -0.39 is 0 Å². The molecule has 0 atom stereocenters. The highest BCUT2D eigenvalue weighted by molar-refractivity contribution is 5.98.